The van der Waals surface area contributed by atoms with E-state index in [-0.39, 0.29) is 0 Å². The summed E-state index contributed by atoms with van der Waals surface area (Å²) < 4.78 is 0. The topological polar surface area (TPSA) is 0 Å². The maximum Gasteiger partial charge on any atom is -0.0512 e. The van der Waals surface area contributed by atoms with Crippen LogP contribution in [0.1, 0.15) is 47.9 Å². The third-order valence-electron chi connectivity index (χ3n) is 4.30. The molecular formula is C18H22Cl2Zr. The molecule has 2 aliphatic rings. The van der Waals surface area contributed by atoms with Gasteiger partial charge < -0.3 is 0 Å². The Kier molecular flexibility index (Phi) is 8.37. The van der Waals surface area contributed by atoms with E-state index in [0.717, 1.165) is 0 Å². The number of fused-ring (bicyclic) bond motifs is 2. The minimum Gasteiger partial charge on any atom is -0.210 e. The molecule has 3 heteroatoms. The fourth-order valence-electron chi connectivity index (χ4n) is 3.23. The van der Waals surface area contributed by atoms with Gasteiger partial charge in [-0.25, -0.2) is 12.1 Å². The van der Waals surface area contributed by atoms with Crippen molar-refractivity contribution in [3.8, 4) is 0 Å². The fraction of sp³-hybridized carbons (Fsp3) is 0.444. The predicted molar refractivity (Wildman–Crippen MR) is 89.1 cm³/mol. The molecule has 2 aromatic rings. The smallest absolute Gasteiger partial charge is 0.0512 e. The molecule has 0 N–H and O–H groups in total. The van der Waals surface area contributed by atoms with Gasteiger partial charge in [-0.1, -0.05) is 51.4 Å². The van der Waals surface area contributed by atoms with Crippen LogP contribution in [0.3, 0.4) is 0 Å². The molecule has 0 nitrogen and oxygen atoms in total. The zero-order valence-corrected chi connectivity index (χ0v) is 16.3. The van der Waals surface area contributed by atoms with E-state index in [0.29, 0.717) is 0 Å². The van der Waals surface area contributed by atoms with Crippen LogP contribution in [0.15, 0.2) is 36.4 Å². The van der Waals surface area contributed by atoms with Crippen molar-refractivity contribution in [2.45, 2.75) is 51.4 Å². The monoisotopic (exact) mass is 398 g/mol. The van der Waals surface area contributed by atoms with E-state index < -0.39 is 20.8 Å². The summed E-state index contributed by atoms with van der Waals surface area (Å²) in [7, 11) is 9.87. The van der Waals surface area contributed by atoms with E-state index >= 15 is 0 Å². The van der Waals surface area contributed by atoms with Gasteiger partial charge in [-0.3, -0.25) is 0 Å². The average Bonchev–Trinajstić information content (AvgIpc) is 3.17. The second-order valence-electron chi connectivity index (χ2n) is 5.64. The van der Waals surface area contributed by atoms with Gasteiger partial charge in [-0.2, -0.15) is 46.5 Å². The third kappa shape index (κ3) is 5.70. The van der Waals surface area contributed by atoms with Gasteiger partial charge in [0.15, 0.2) is 0 Å². The molecule has 112 valence electrons. The maximum absolute atomic E-state index is 4.93. The number of rotatable bonds is 0. The van der Waals surface area contributed by atoms with E-state index in [1.807, 2.05) is 0 Å². The number of hydrogen-bond donors (Lipinski definition) is 0. The molecule has 4 rings (SSSR count). The van der Waals surface area contributed by atoms with Crippen LogP contribution in [0, 0.1) is 0 Å². The maximum atomic E-state index is 4.93. The molecule has 0 atom stereocenters. The summed E-state index contributed by atoms with van der Waals surface area (Å²) in [4.78, 5) is 0. The van der Waals surface area contributed by atoms with Crippen molar-refractivity contribution in [2.75, 3.05) is 0 Å². The second kappa shape index (κ2) is 10.0. The van der Waals surface area contributed by atoms with Gasteiger partial charge in [0.05, 0.1) is 0 Å². The predicted octanol–water partition coefficient (Wildman–Crippen LogP) is 5.95. The van der Waals surface area contributed by atoms with Crippen LogP contribution >= 0.6 is 17.0 Å². The summed E-state index contributed by atoms with van der Waals surface area (Å²) in [5.41, 5.74) is 6.39. The Balaban J connectivity index is 0.000000130. The van der Waals surface area contributed by atoms with Crippen LogP contribution in [0.25, 0.3) is 0 Å². The number of aryl methyl sites for hydroxylation is 4. The molecule has 2 aliphatic carbocycles. The Morgan fingerprint density at radius 1 is 0.714 bits per heavy atom. The number of halogens is 2. The summed E-state index contributed by atoms with van der Waals surface area (Å²) >= 11 is -0.826. The first-order valence-electron chi connectivity index (χ1n) is 7.78. The van der Waals surface area contributed by atoms with E-state index in [4.69, 9.17) is 17.0 Å². The van der Waals surface area contributed by atoms with Crippen molar-refractivity contribution in [1.29, 1.82) is 0 Å². The summed E-state index contributed by atoms with van der Waals surface area (Å²) in [6, 6.07) is 13.4. The van der Waals surface area contributed by atoms with E-state index in [1.54, 1.807) is 22.3 Å². The van der Waals surface area contributed by atoms with Gasteiger partial charge in [0.1, 0.15) is 0 Å². The normalized spacial score (nSPS) is 15.3. The summed E-state index contributed by atoms with van der Waals surface area (Å²) in [5, 5.41) is 0. The molecule has 0 aliphatic heterocycles. The molecule has 2 aromatic carbocycles. The largest absolute Gasteiger partial charge is 0.210 e. The van der Waals surface area contributed by atoms with Crippen LogP contribution in [0.5, 0.6) is 0 Å². The second-order valence-corrected chi connectivity index (χ2v) is 9.37. The Morgan fingerprint density at radius 2 is 1.10 bits per heavy atom. The molecule has 21 heavy (non-hydrogen) atoms. The SMILES string of the molecule is [Cl][Zr+2][Cl].c1cc2c([cH-]1)CCCC2.c1cc2c([cH-]1)CCCC2. The average molecular weight is 401 g/mol. The minimum atomic E-state index is -0.826. The molecule has 0 unspecified atom stereocenters. The van der Waals surface area contributed by atoms with Crippen molar-refractivity contribution in [1.82, 2.24) is 0 Å². The van der Waals surface area contributed by atoms with Crippen LogP contribution in [-0.4, -0.2) is 0 Å². The van der Waals surface area contributed by atoms with Crippen LogP contribution in [0.4, 0.5) is 0 Å². The summed E-state index contributed by atoms with van der Waals surface area (Å²) in [6.07, 6.45) is 10.9. The quantitative estimate of drug-likeness (QED) is 0.480. The summed E-state index contributed by atoms with van der Waals surface area (Å²) in [6.45, 7) is 0. The first-order valence-corrected chi connectivity index (χ1v) is 14.1. The Hall–Kier alpha value is 0.163. The standard InChI is InChI=1S/2C9H11.2ClH.Zr/c2*1-2-5-9-7-3-6-8(9)4-1;;;/h2*3,6-7H,1-2,4-5H2;2*1H;/q2*-1;;;+4/p-2. The molecular weight excluding hydrogens is 378 g/mol. The van der Waals surface area contributed by atoms with Gasteiger partial charge in [-0.05, 0) is 0 Å². The Morgan fingerprint density at radius 3 is 1.48 bits per heavy atom. The zero-order valence-electron chi connectivity index (χ0n) is 12.4. The Labute approximate surface area is 147 Å². The molecule has 0 saturated heterocycles. The van der Waals surface area contributed by atoms with Crippen molar-refractivity contribution in [3.05, 3.63) is 58.7 Å². The first-order chi connectivity index (χ1) is 10.3. The first kappa shape index (κ1) is 17.5. The molecule has 0 radical (unpaired) electrons. The van der Waals surface area contributed by atoms with E-state index in [2.05, 4.69) is 36.4 Å². The Bertz CT molecular complexity index is 426. The van der Waals surface area contributed by atoms with Crippen molar-refractivity contribution in [2.24, 2.45) is 0 Å². The fourth-order valence-corrected chi connectivity index (χ4v) is 3.23. The van der Waals surface area contributed by atoms with E-state index in [9.17, 15) is 0 Å². The molecule has 0 heterocycles. The van der Waals surface area contributed by atoms with Crippen molar-refractivity contribution in [3.63, 3.8) is 0 Å². The van der Waals surface area contributed by atoms with Gasteiger partial charge in [0.2, 0.25) is 0 Å². The number of hydrogen-bond acceptors (Lipinski definition) is 0. The molecule has 0 bridgehead atoms. The molecule has 0 saturated carbocycles. The van der Waals surface area contributed by atoms with Crippen LogP contribution in [0.2, 0.25) is 0 Å². The zero-order chi connectivity index (χ0) is 14.9. The van der Waals surface area contributed by atoms with Crippen molar-refractivity contribution >= 4 is 17.0 Å². The van der Waals surface area contributed by atoms with Gasteiger partial charge in [-0.15, -0.1) is 0 Å². The summed E-state index contributed by atoms with van der Waals surface area (Å²) in [5.74, 6) is 0. The van der Waals surface area contributed by atoms with Gasteiger partial charge in [0, 0.05) is 0 Å². The van der Waals surface area contributed by atoms with Gasteiger partial charge >= 0.3 is 37.9 Å². The van der Waals surface area contributed by atoms with Gasteiger partial charge in [0.25, 0.3) is 0 Å². The molecule has 0 amide bonds. The molecule has 0 fully saturated rings. The van der Waals surface area contributed by atoms with Crippen LogP contribution < -0.4 is 0 Å². The molecule has 0 spiro atoms. The minimum absolute atomic E-state index is 0.826. The third-order valence-corrected chi connectivity index (χ3v) is 4.30. The molecule has 0 aromatic heterocycles. The van der Waals surface area contributed by atoms with Crippen molar-refractivity contribution < 1.29 is 20.8 Å². The van der Waals surface area contributed by atoms with Crippen LogP contribution in [-0.2, 0) is 46.5 Å². The van der Waals surface area contributed by atoms with E-state index in [1.165, 1.54) is 51.4 Å².